The SMILES string of the molecule is COC(=O)[C@@H]1CCCN(C(=O)CCc2nc(-c3cc4c(CC(C)(C)CO)c(-c5cc(N6CCN(CC(F)(F)F)CC6)cnc5[C@H](C)OC)n(CC(F)(F)F)c4cc3F)cs2)N1. The second kappa shape index (κ2) is 18.5. The van der Waals surface area contributed by atoms with Gasteiger partial charge in [-0.15, -0.1) is 11.3 Å². The van der Waals surface area contributed by atoms with Gasteiger partial charge < -0.3 is 24.0 Å². The van der Waals surface area contributed by atoms with E-state index in [1.165, 1.54) is 47.7 Å². The molecule has 0 radical (unpaired) electrons. The molecule has 0 saturated carbocycles. The number of carbonyl (C=O) groups excluding carboxylic acids is 2. The highest BCUT2D eigenvalue weighted by Crippen LogP contribution is 2.44. The summed E-state index contributed by atoms with van der Waals surface area (Å²) < 4.78 is 111. The maximum Gasteiger partial charge on any atom is 0.406 e. The number of hydrogen-bond acceptors (Lipinski definition) is 11. The number of aromatic nitrogens is 3. The summed E-state index contributed by atoms with van der Waals surface area (Å²) in [6, 6.07) is 3.54. The molecule has 2 aliphatic rings. The number of aryl methyl sites for hydroxylation is 1. The van der Waals surface area contributed by atoms with Gasteiger partial charge in [-0.1, -0.05) is 13.8 Å². The molecule has 61 heavy (non-hydrogen) atoms. The van der Waals surface area contributed by atoms with Crippen LogP contribution >= 0.6 is 11.3 Å². The number of hydrogen-bond donors (Lipinski definition) is 2. The van der Waals surface area contributed by atoms with E-state index < -0.39 is 54.8 Å². The van der Waals surface area contributed by atoms with Crippen LogP contribution in [0.4, 0.5) is 36.4 Å². The van der Waals surface area contributed by atoms with Crippen molar-refractivity contribution in [1.29, 1.82) is 0 Å². The molecule has 0 spiro atoms. The van der Waals surface area contributed by atoms with E-state index in [4.69, 9.17) is 9.47 Å². The molecule has 20 heteroatoms. The first kappa shape index (κ1) is 46.1. The Labute approximate surface area is 352 Å². The number of pyridine rings is 1. The highest BCUT2D eigenvalue weighted by Gasteiger charge is 2.36. The lowest BCUT2D eigenvalue weighted by Gasteiger charge is -2.36. The lowest BCUT2D eigenvalue weighted by molar-refractivity contribution is -0.149. The van der Waals surface area contributed by atoms with Crippen LogP contribution in [0.5, 0.6) is 0 Å². The van der Waals surface area contributed by atoms with Crippen molar-refractivity contribution in [2.75, 3.05) is 65.0 Å². The number of ether oxygens (including phenoxy) is 2. The van der Waals surface area contributed by atoms with E-state index in [0.717, 1.165) is 10.6 Å². The van der Waals surface area contributed by atoms with Gasteiger partial charge in [-0.25, -0.2) is 14.8 Å². The van der Waals surface area contributed by atoms with Gasteiger partial charge in [0.1, 0.15) is 18.4 Å². The van der Waals surface area contributed by atoms with E-state index in [0.29, 0.717) is 41.0 Å². The molecule has 2 saturated heterocycles. The minimum absolute atomic E-state index is 0.0211. The minimum atomic E-state index is -4.77. The molecule has 2 fully saturated rings. The summed E-state index contributed by atoms with van der Waals surface area (Å²) in [6.07, 6.45) is -6.91. The molecule has 1 aromatic carbocycles. The van der Waals surface area contributed by atoms with Gasteiger partial charge in [0.25, 0.3) is 0 Å². The van der Waals surface area contributed by atoms with Crippen LogP contribution in [0.1, 0.15) is 62.4 Å². The Morgan fingerprint density at radius 3 is 2.34 bits per heavy atom. The van der Waals surface area contributed by atoms with Gasteiger partial charge >= 0.3 is 18.3 Å². The smallest absolute Gasteiger partial charge is 0.406 e. The number of esters is 1. The molecule has 1 amide bonds. The van der Waals surface area contributed by atoms with Crippen molar-refractivity contribution in [1.82, 2.24) is 29.9 Å². The number of thiazole rings is 1. The minimum Gasteiger partial charge on any atom is -0.468 e. The van der Waals surface area contributed by atoms with E-state index in [1.54, 1.807) is 32.2 Å². The summed E-state index contributed by atoms with van der Waals surface area (Å²) >= 11 is 1.20. The maximum atomic E-state index is 16.4. The van der Waals surface area contributed by atoms with Gasteiger partial charge in [0.15, 0.2) is 0 Å². The number of amides is 1. The topological polar surface area (TPSA) is 125 Å². The highest BCUT2D eigenvalue weighted by molar-refractivity contribution is 7.10. The van der Waals surface area contributed by atoms with E-state index in [-0.39, 0.29) is 91.7 Å². The standard InChI is InChI=1S/C41H50F7N7O5S/c1-24(59-4)36-28(15-25(19-49-36)53-13-11-52(12-14-53)21-40(43,44)45)37-29(18-39(2,3)23-56)26-16-27(30(42)17-33(26)54(37)22-41(46,47)48)32-20-61-34(50-32)8-9-35(57)55-10-6-7-31(51-55)38(58)60-5/h15-17,19-20,24,31,51,56H,6-14,18,21-23H2,1-5H3/t24-,31-/m0/s1. The molecule has 334 valence electrons. The number of methoxy groups -OCH3 is 2. The Bertz CT molecular complexity index is 2200. The molecule has 0 unspecified atom stereocenters. The molecule has 6 rings (SSSR count). The second-order valence-corrected chi connectivity index (χ2v) is 17.2. The van der Waals surface area contributed by atoms with Crippen LogP contribution in [0.2, 0.25) is 0 Å². The summed E-state index contributed by atoms with van der Waals surface area (Å²) in [4.78, 5) is 37.5. The number of nitrogens with one attached hydrogen (secondary N) is 1. The lowest BCUT2D eigenvalue weighted by Crippen LogP contribution is -2.55. The third-order valence-electron chi connectivity index (χ3n) is 11.1. The Hall–Kier alpha value is -4.37. The zero-order valence-corrected chi connectivity index (χ0v) is 35.4. The zero-order valence-electron chi connectivity index (χ0n) is 34.6. The van der Waals surface area contributed by atoms with Crippen LogP contribution in [0.15, 0.2) is 29.8 Å². The number of rotatable bonds is 14. The largest absolute Gasteiger partial charge is 0.468 e. The van der Waals surface area contributed by atoms with Gasteiger partial charge in [0.2, 0.25) is 5.91 Å². The number of piperazine rings is 1. The van der Waals surface area contributed by atoms with Crippen LogP contribution in [-0.2, 0) is 38.4 Å². The Kier molecular flexibility index (Phi) is 14.0. The molecule has 5 heterocycles. The van der Waals surface area contributed by atoms with Crippen molar-refractivity contribution in [3.8, 4) is 22.5 Å². The lowest BCUT2D eigenvalue weighted by atomic mass is 9.84. The average molecular weight is 886 g/mol. The molecular weight excluding hydrogens is 836 g/mol. The van der Waals surface area contributed by atoms with Crippen molar-refractivity contribution in [2.45, 2.75) is 83.9 Å². The summed E-state index contributed by atoms with van der Waals surface area (Å²) in [5, 5.41) is 14.3. The number of aliphatic hydroxyl groups excluding tert-OH is 1. The number of hydrazine groups is 1. The quantitative estimate of drug-likeness (QED) is 0.100. The van der Waals surface area contributed by atoms with Gasteiger partial charge in [-0.05, 0) is 55.4 Å². The summed E-state index contributed by atoms with van der Waals surface area (Å²) in [7, 11) is 2.70. The predicted octanol–water partition coefficient (Wildman–Crippen LogP) is 7.08. The van der Waals surface area contributed by atoms with Crippen LogP contribution in [0, 0.1) is 11.2 Å². The number of alkyl halides is 6. The first-order chi connectivity index (χ1) is 28.7. The summed E-state index contributed by atoms with van der Waals surface area (Å²) in [5.74, 6) is -1.57. The molecule has 3 aromatic heterocycles. The number of carbonyl (C=O) groups is 2. The van der Waals surface area contributed by atoms with Crippen molar-refractivity contribution in [3.05, 3.63) is 51.9 Å². The van der Waals surface area contributed by atoms with Gasteiger partial charge in [0, 0.05) is 81.2 Å². The average Bonchev–Trinajstić information content (AvgIpc) is 3.79. The molecule has 0 aliphatic carbocycles. The van der Waals surface area contributed by atoms with E-state index in [2.05, 4.69) is 15.4 Å². The fraction of sp³-hybridized carbons (Fsp3) is 0.561. The van der Waals surface area contributed by atoms with E-state index in [9.17, 15) is 41.0 Å². The molecule has 2 aliphatic heterocycles. The van der Waals surface area contributed by atoms with Crippen LogP contribution in [0.3, 0.4) is 0 Å². The molecule has 4 aromatic rings. The zero-order chi connectivity index (χ0) is 44.4. The Balaban J connectivity index is 1.42. The summed E-state index contributed by atoms with van der Waals surface area (Å²) in [5.41, 5.74) is 3.72. The molecule has 12 nitrogen and oxygen atoms in total. The number of nitrogens with zero attached hydrogens (tertiary/aromatic N) is 6. The number of aliphatic hydroxyl groups is 1. The highest BCUT2D eigenvalue weighted by atomic mass is 32.1. The van der Waals surface area contributed by atoms with Crippen LogP contribution in [0.25, 0.3) is 33.4 Å². The maximum absolute atomic E-state index is 16.4. The van der Waals surface area contributed by atoms with Gasteiger partial charge in [-0.3, -0.25) is 24.5 Å². The van der Waals surface area contributed by atoms with E-state index >= 15 is 4.39 Å². The van der Waals surface area contributed by atoms with Gasteiger partial charge in [0.05, 0.1) is 59.2 Å². The number of anilines is 1. The first-order valence-electron chi connectivity index (χ1n) is 19.9. The molecule has 2 N–H and O–H groups in total. The molecule has 0 bridgehead atoms. The third-order valence-corrected chi connectivity index (χ3v) is 12.0. The van der Waals surface area contributed by atoms with E-state index in [1.807, 2.05) is 4.90 Å². The normalized spacial score (nSPS) is 17.6. The number of halogens is 7. The first-order valence-corrected chi connectivity index (χ1v) is 20.8. The van der Waals surface area contributed by atoms with Crippen LogP contribution in [-0.4, -0.2) is 120 Å². The van der Waals surface area contributed by atoms with Gasteiger partial charge in [-0.2, -0.15) is 26.3 Å². The second-order valence-electron chi connectivity index (χ2n) is 16.3. The number of fused-ring (bicyclic) bond motifs is 1. The summed E-state index contributed by atoms with van der Waals surface area (Å²) in [6.45, 7) is 3.30. The fourth-order valence-electron chi connectivity index (χ4n) is 7.86. The fourth-order valence-corrected chi connectivity index (χ4v) is 8.66. The van der Waals surface area contributed by atoms with Crippen molar-refractivity contribution < 1.29 is 54.9 Å². The van der Waals surface area contributed by atoms with Crippen molar-refractivity contribution in [3.63, 3.8) is 0 Å². The van der Waals surface area contributed by atoms with Crippen LogP contribution < -0.4 is 10.3 Å². The molecule has 2 atom stereocenters. The Morgan fingerprint density at radius 1 is 1.00 bits per heavy atom. The third kappa shape index (κ3) is 11.0. The Morgan fingerprint density at radius 2 is 1.70 bits per heavy atom. The van der Waals surface area contributed by atoms with Crippen molar-refractivity contribution in [2.24, 2.45) is 5.41 Å². The molecular formula is C41H50F7N7O5S. The monoisotopic (exact) mass is 885 g/mol. The predicted molar refractivity (Wildman–Crippen MR) is 215 cm³/mol. The number of benzene rings is 1. The van der Waals surface area contributed by atoms with Crippen molar-refractivity contribution >= 4 is 39.8 Å².